The minimum atomic E-state index is -0.00497. The maximum absolute atomic E-state index is 5.84. The highest BCUT2D eigenvalue weighted by molar-refractivity contribution is 7.13. The van der Waals surface area contributed by atoms with Gasteiger partial charge in [-0.15, -0.1) is 11.3 Å². The SMILES string of the molecule is CCN(Cc1ccncc1)c1nc(C(C)N)cs1. The molecule has 2 aromatic heterocycles. The van der Waals surface area contributed by atoms with Crippen LogP contribution < -0.4 is 10.6 Å². The van der Waals surface area contributed by atoms with Crippen LogP contribution in [0.5, 0.6) is 0 Å². The summed E-state index contributed by atoms with van der Waals surface area (Å²) in [7, 11) is 0. The third-order valence-corrected chi connectivity index (χ3v) is 3.67. The van der Waals surface area contributed by atoms with Crippen molar-refractivity contribution < 1.29 is 0 Å². The maximum atomic E-state index is 5.84. The minimum Gasteiger partial charge on any atom is -0.344 e. The number of nitrogens with two attached hydrogens (primary N) is 1. The van der Waals surface area contributed by atoms with E-state index in [4.69, 9.17) is 5.73 Å². The summed E-state index contributed by atoms with van der Waals surface area (Å²) in [6, 6.07) is 4.06. The van der Waals surface area contributed by atoms with Crippen molar-refractivity contribution >= 4 is 16.5 Å². The molecule has 0 saturated carbocycles. The number of hydrogen-bond acceptors (Lipinski definition) is 5. The summed E-state index contributed by atoms with van der Waals surface area (Å²) in [5.74, 6) is 0. The molecule has 0 spiro atoms. The number of thiazole rings is 1. The molecule has 0 saturated heterocycles. The molecule has 0 aromatic carbocycles. The maximum Gasteiger partial charge on any atom is 0.185 e. The van der Waals surface area contributed by atoms with E-state index in [2.05, 4.69) is 21.8 Å². The fourth-order valence-electron chi connectivity index (χ4n) is 1.65. The summed E-state index contributed by atoms with van der Waals surface area (Å²) in [5.41, 5.74) is 8.04. The van der Waals surface area contributed by atoms with Gasteiger partial charge in [0.1, 0.15) is 0 Å². The number of nitrogens with zero attached hydrogens (tertiary/aromatic N) is 3. The number of aromatic nitrogens is 2. The van der Waals surface area contributed by atoms with Gasteiger partial charge in [-0.05, 0) is 31.5 Å². The molecule has 96 valence electrons. The second-order valence-corrected chi connectivity index (χ2v) is 5.05. The lowest BCUT2D eigenvalue weighted by atomic mass is 10.2. The molecule has 0 bridgehead atoms. The average molecular weight is 262 g/mol. The van der Waals surface area contributed by atoms with Gasteiger partial charge in [0.05, 0.1) is 5.69 Å². The van der Waals surface area contributed by atoms with Gasteiger partial charge in [0.25, 0.3) is 0 Å². The van der Waals surface area contributed by atoms with Crippen LogP contribution in [-0.2, 0) is 6.54 Å². The van der Waals surface area contributed by atoms with Gasteiger partial charge >= 0.3 is 0 Å². The van der Waals surface area contributed by atoms with E-state index in [-0.39, 0.29) is 6.04 Å². The first-order valence-electron chi connectivity index (χ1n) is 6.05. The topological polar surface area (TPSA) is 55.0 Å². The Morgan fingerprint density at radius 1 is 1.39 bits per heavy atom. The molecule has 5 heteroatoms. The van der Waals surface area contributed by atoms with E-state index >= 15 is 0 Å². The third kappa shape index (κ3) is 3.05. The molecule has 18 heavy (non-hydrogen) atoms. The summed E-state index contributed by atoms with van der Waals surface area (Å²) in [6.07, 6.45) is 3.64. The van der Waals surface area contributed by atoms with Crippen LogP contribution in [0, 0.1) is 0 Å². The molecule has 0 aliphatic carbocycles. The number of rotatable bonds is 5. The van der Waals surface area contributed by atoms with E-state index in [1.54, 1.807) is 11.3 Å². The van der Waals surface area contributed by atoms with Crippen LogP contribution in [0.25, 0.3) is 0 Å². The molecule has 2 heterocycles. The van der Waals surface area contributed by atoms with Crippen LogP contribution in [-0.4, -0.2) is 16.5 Å². The predicted octanol–water partition coefficient (Wildman–Crippen LogP) is 2.58. The van der Waals surface area contributed by atoms with E-state index in [0.29, 0.717) is 0 Å². The molecule has 0 amide bonds. The first-order chi connectivity index (χ1) is 8.70. The summed E-state index contributed by atoms with van der Waals surface area (Å²) in [4.78, 5) is 10.9. The van der Waals surface area contributed by atoms with E-state index < -0.39 is 0 Å². The van der Waals surface area contributed by atoms with Crippen molar-refractivity contribution in [2.75, 3.05) is 11.4 Å². The van der Waals surface area contributed by atoms with Gasteiger partial charge in [-0.1, -0.05) is 0 Å². The number of pyridine rings is 1. The minimum absolute atomic E-state index is 0.00497. The van der Waals surface area contributed by atoms with Crippen LogP contribution in [0.1, 0.15) is 31.1 Å². The Bertz CT molecular complexity index is 481. The lowest BCUT2D eigenvalue weighted by molar-refractivity contribution is 0.773. The van der Waals surface area contributed by atoms with Crippen LogP contribution in [0.15, 0.2) is 29.9 Å². The molecule has 2 aromatic rings. The van der Waals surface area contributed by atoms with Gasteiger partial charge in [0.15, 0.2) is 5.13 Å². The fraction of sp³-hybridized carbons (Fsp3) is 0.385. The zero-order valence-corrected chi connectivity index (χ0v) is 11.5. The van der Waals surface area contributed by atoms with E-state index in [1.165, 1.54) is 5.56 Å². The Balaban J connectivity index is 2.13. The second-order valence-electron chi connectivity index (χ2n) is 4.21. The molecule has 1 unspecified atom stereocenters. The van der Waals surface area contributed by atoms with Crippen LogP contribution in [0.3, 0.4) is 0 Å². The highest BCUT2D eigenvalue weighted by Crippen LogP contribution is 2.24. The van der Waals surface area contributed by atoms with Crippen LogP contribution in [0.2, 0.25) is 0 Å². The Morgan fingerprint density at radius 3 is 2.67 bits per heavy atom. The molecule has 2 rings (SSSR count). The molecule has 0 aliphatic rings. The largest absolute Gasteiger partial charge is 0.344 e. The number of hydrogen-bond donors (Lipinski definition) is 1. The zero-order chi connectivity index (χ0) is 13.0. The molecule has 4 nitrogen and oxygen atoms in total. The van der Waals surface area contributed by atoms with Crippen molar-refractivity contribution in [2.45, 2.75) is 26.4 Å². The first-order valence-corrected chi connectivity index (χ1v) is 6.93. The summed E-state index contributed by atoms with van der Waals surface area (Å²) < 4.78 is 0. The Labute approximate surface area is 111 Å². The van der Waals surface area contributed by atoms with Gasteiger partial charge in [0, 0.05) is 36.9 Å². The molecular weight excluding hydrogens is 244 g/mol. The third-order valence-electron chi connectivity index (χ3n) is 2.75. The van der Waals surface area contributed by atoms with Crippen molar-refractivity contribution in [3.63, 3.8) is 0 Å². The summed E-state index contributed by atoms with van der Waals surface area (Å²) in [5, 5.41) is 3.07. The van der Waals surface area contributed by atoms with Gasteiger partial charge in [-0.25, -0.2) is 4.98 Å². The van der Waals surface area contributed by atoms with Crippen molar-refractivity contribution in [2.24, 2.45) is 5.73 Å². The molecular formula is C13H18N4S. The number of anilines is 1. The Morgan fingerprint density at radius 2 is 2.11 bits per heavy atom. The van der Waals surface area contributed by atoms with Crippen molar-refractivity contribution in [1.29, 1.82) is 0 Å². The lowest BCUT2D eigenvalue weighted by Gasteiger charge is -2.19. The normalized spacial score (nSPS) is 12.4. The fourth-order valence-corrected chi connectivity index (χ4v) is 2.65. The van der Waals surface area contributed by atoms with Crippen LogP contribution in [0.4, 0.5) is 5.13 Å². The van der Waals surface area contributed by atoms with Gasteiger partial charge in [-0.2, -0.15) is 0 Å². The van der Waals surface area contributed by atoms with E-state index in [1.807, 2.05) is 36.8 Å². The molecule has 0 radical (unpaired) electrons. The second kappa shape index (κ2) is 5.93. The summed E-state index contributed by atoms with van der Waals surface area (Å²) in [6.45, 7) is 5.87. The monoisotopic (exact) mass is 262 g/mol. The molecule has 0 fully saturated rings. The molecule has 0 aliphatic heterocycles. The Kier molecular flexibility index (Phi) is 4.28. The smallest absolute Gasteiger partial charge is 0.185 e. The first kappa shape index (κ1) is 13.0. The van der Waals surface area contributed by atoms with E-state index in [9.17, 15) is 0 Å². The van der Waals surface area contributed by atoms with Gasteiger partial charge in [0.2, 0.25) is 0 Å². The molecule has 1 atom stereocenters. The van der Waals surface area contributed by atoms with Crippen LogP contribution >= 0.6 is 11.3 Å². The average Bonchev–Trinajstić information content (AvgIpc) is 2.87. The summed E-state index contributed by atoms with van der Waals surface area (Å²) >= 11 is 1.65. The zero-order valence-electron chi connectivity index (χ0n) is 10.7. The van der Waals surface area contributed by atoms with Crippen molar-refractivity contribution in [3.8, 4) is 0 Å². The van der Waals surface area contributed by atoms with E-state index in [0.717, 1.165) is 23.9 Å². The predicted molar refractivity (Wildman–Crippen MR) is 75.7 cm³/mol. The highest BCUT2D eigenvalue weighted by Gasteiger charge is 2.11. The van der Waals surface area contributed by atoms with Crippen molar-refractivity contribution in [3.05, 3.63) is 41.2 Å². The molecule has 2 N–H and O–H groups in total. The standard InChI is InChI=1S/C13H18N4S/c1-3-17(8-11-4-6-15-7-5-11)13-16-12(9-18-13)10(2)14/h4-7,9-10H,3,8,14H2,1-2H3. The quantitative estimate of drug-likeness (QED) is 0.900. The van der Waals surface area contributed by atoms with Gasteiger partial charge < -0.3 is 10.6 Å². The Hall–Kier alpha value is -1.46. The van der Waals surface area contributed by atoms with Crippen molar-refractivity contribution in [1.82, 2.24) is 9.97 Å². The highest BCUT2D eigenvalue weighted by atomic mass is 32.1. The van der Waals surface area contributed by atoms with Gasteiger partial charge in [-0.3, -0.25) is 4.98 Å². The lowest BCUT2D eigenvalue weighted by Crippen LogP contribution is -2.22.